The maximum atomic E-state index is 14.9. The van der Waals surface area contributed by atoms with Crippen molar-refractivity contribution in [3.8, 4) is 5.75 Å². The number of benzene rings is 1. The first-order valence-electron chi connectivity index (χ1n) is 9.61. The van der Waals surface area contributed by atoms with Crippen LogP contribution in [0.3, 0.4) is 0 Å². The van der Waals surface area contributed by atoms with Gasteiger partial charge in [-0.3, -0.25) is 0 Å². The molecule has 10 heteroatoms. The average molecular weight is 442 g/mol. The number of aromatic hydroxyl groups is 1. The Morgan fingerprint density at radius 2 is 1.61 bits per heavy atom. The Morgan fingerprint density at radius 3 is 2.06 bits per heavy atom. The molecule has 0 radical (unpaired) electrons. The normalized spacial score (nSPS) is 20.9. The lowest BCUT2D eigenvalue weighted by atomic mass is 9.85. The standard InChI is InChI=1S/C21H28F2N2O6/c1-18(2,3)30-16(27)25(17(28)31-19(4,5)6)15-24-20(7,21(22,23)12-29-15)13-9-8-10-14(26)11-13/h8-11,26H,12H2,1-7H3/t20-/m1/s1. The van der Waals surface area contributed by atoms with Crippen LogP contribution in [0, 0.1) is 0 Å². The van der Waals surface area contributed by atoms with Crippen LogP contribution in [0.15, 0.2) is 29.3 Å². The molecule has 1 aliphatic rings. The summed E-state index contributed by atoms with van der Waals surface area (Å²) >= 11 is 0. The number of carbonyl (C=O) groups is 2. The van der Waals surface area contributed by atoms with Crippen molar-refractivity contribution in [3.63, 3.8) is 0 Å². The molecule has 2 amide bonds. The van der Waals surface area contributed by atoms with Gasteiger partial charge in [-0.1, -0.05) is 12.1 Å². The molecule has 0 unspecified atom stereocenters. The summed E-state index contributed by atoms with van der Waals surface area (Å²) in [6, 6.07) is 4.50. The maximum Gasteiger partial charge on any atom is 0.428 e. The molecule has 172 valence electrons. The zero-order valence-electron chi connectivity index (χ0n) is 18.7. The lowest BCUT2D eigenvalue weighted by molar-refractivity contribution is -0.120. The number of carbonyl (C=O) groups excluding carboxylic acids is 2. The first-order chi connectivity index (χ1) is 14.0. The van der Waals surface area contributed by atoms with Crippen LogP contribution < -0.4 is 0 Å². The van der Waals surface area contributed by atoms with Gasteiger partial charge in [0.1, 0.15) is 17.0 Å². The van der Waals surface area contributed by atoms with Gasteiger partial charge in [-0.25, -0.2) is 14.6 Å². The molecule has 0 bridgehead atoms. The summed E-state index contributed by atoms with van der Waals surface area (Å²) in [7, 11) is 0. The highest BCUT2D eigenvalue weighted by atomic mass is 19.3. The molecule has 0 saturated heterocycles. The third-order valence-electron chi connectivity index (χ3n) is 4.17. The van der Waals surface area contributed by atoms with Gasteiger partial charge in [0, 0.05) is 0 Å². The Hall–Kier alpha value is -2.91. The average Bonchev–Trinajstić information content (AvgIpc) is 2.55. The molecule has 0 aromatic heterocycles. The van der Waals surface area contributed by atoms with Gasteiger partial charge in [-0.05, 0) is 66.2 Å². The van der Waals surface area contributed by atoms with E-state index in [1.165, 1.54) is 18.2 Å². The lowest BCUT2D eigenvalue weighted by Gasteiger charge is -2.39. The van der Waals surface area contributed by atoms with E-state index in [-0.39, 0.29) is 11.3 Å². The van der Waals surface area contributed by atoms with Crippen LogP contribution in [-0.4, -0.2) is 51.9 Å². The van der Waals surface area contributed by atoms with E-state index < -0.39 is 47.5 Å². The molecule has 0 aliphatic carbocycles. The van der Waals surface area contributed by atoms with E-state index in [2.05, 4.69) is 4.99 Å². The molecule has 0 saturated carbocycles. The number of amidine groups is 1. The Balaban J connectivity index is 2.59. The molecule has 1 aliphatic heterocycles. The number of imide groups is 1. The van der Waals surface area contributed by atoms with Gasteiger partial charge in [0.2, 0.25) is 0 Å². The van der Waals surface area contributed by atoms with Gasteiger partial charge in [0.15, 0.2) is 12.1 Å². The zero-order chi connectivity index (χ0) is 23.8. The molecule has 1 N–H and O–H groups in total. The number of amides is 2. The van der Waals surface area contributed by atoms with Gasteiger partial charge in [-0.15, -0.1) is 4.90 Å². The van der Waals surface area contributed by atoms with E-state index in [1.807, 2.05) is 0 Å². The molecule has 1 atom stereocenters. The Kier molecular flexibility index (Phi) is 6.27. The molecule has 1 aromatic rings. The highest BCUT2D eigenvalue weighted by molar-refractivity contribution is 6.06. The highest BCUT2D eigenvalue weighted by Crippen LogP contribution is 2.44. The zero-order valence-corrected chi connectivity index (χ0v) is 18.7. The third kappa shape index (κ3) is 5.62. The van der Waals surface area contributed by atoms with E-state index in [1.54, 1.807) is 41.5 Å². The van der Waals surface area contributed by atoms with E-state index in [4.69, 9.17) is 14.2 Å². The third-order valence-corrected chi connectivity index (χ3v) is 4.17. The van der Waals surface area contributed by atoms with Gasteiger partial charge in [0.05, 0.1) is 0 Å². The summed E-state index contributed by atoms with van der Waals surface area (Å²) in [5.41, 5.74) is -4.27. The minimum absolute atomic E-state index is 0.0355. The largest absolute Gasteiger partial charge is 0.508 e. The molecule has 8 nitrogen and oxygen atoms in total. The van der Waals surface area contributed by atoms with Crippen LogP contribution in [0.4, 0.5) is 18.4 Å². The first-order valence-corrected chi connectivity index (χ1v) is 9.61. The number of aliphatic imine (C=N–C) groups is 1. The summed E-state index contributed by atoms with van der Waals surface area (Å²) in [6.45, 7) is 9.41. The van der Waals surface area contributed by atoms with Gasteiger partial charge in [-0.2, -0.15) is 8.78 Å². The van der Waals surface area contributed by atoms with Crippen molar-refractivity contribution in [1.82, 2.24) is 4.90 Å². The van der Waals surface area contributed by atoms with E-state index >= 15 is 0 Å². The fourth-order valence-electron chi connectivity index (χ4n) is 2.65. The van der Waals surface area contributed by atoms with Crippen LogP contribution in [-0.2, 0) is 19.7 Å². The number of phenols is 1. The number of alkyl halides is 2. The highest BCUT2D eigenvalue weighted by Gasteiger charge is 2.57. The number of hydrogen-bond acceptors (Lipinski definition) is 7. The number of ether oxygens (including phenoxy) is 3. The van der Waals surface area contributed by atoms with Crippen LogP contribution in [0.2, 0.25) is 0 Å². The number of nitrogens with zero attached hydrogens (tertiary/aromatic N) is 2. The minimum atomic E-state index is -3.52. The SMILES string of the molecule is CC(C)(C)OC(=O)N(C(=O)OC(C)(C)C)C1=N[C@](C)(c2cccc(O)c2)C(F)(F)CO1. The maximum absolute atomic E-state index is 14.9. The van der Waals surface area contributed by atoms with Crippen molar-refractivity contribution in [2.45, 2.75) is 71.1 Å². The predicted molar refractivity (Wildman–Crippen MR) is 108 cm³/mol. The summed E-state index contributed by atoms with van der Waals surface area (Å²) in [4.78, 5) is 29.8. The molecule has 2 rings (SSSR count). The molecular weight excluding hydrogens is 414 g/mol. The smallest absolute Gasteiger partial charge is 0.428 e. The van der Waals surface area contributed by atoms with Crippen molar-refractivity contribution in [1.29, 1.82) is 0 Å². The lowest BCUT2D eigenvalue weighted by Crippen LogP contribution is -2.55. The minimum Gasteiger partial charge on any atom is -0.508 e. The number of halogens is 2. The number of rotatable bonds is 1. The summed E-state index contributed by atoms with van der Waals surface area (Å²) in [5, 5.41) is 9.75. The molecule has 1 aromatic carbocycles. The second-order valence-corrected chi connectivity index (χ2v) is 9.31. The van der Waals surface area contributed by atoms with Crippen LogP contribution in [0.1, 0.15) is 54.0 Å². The van der Waals surface area contributed by atoms with Crippen molar-refractivity contribution >= 4 is 18.2 Å². The van der Waals surface area contributed by atoms with Gasteiger partial charge >= 0.3 is 24.1 Å². The summed E-state index contributed by atoms with van der Waals surface area (Å²) in [5.74, 6) is -3.76. The Morgan fingerprint density at radius 1 is 1.10 bits per heavy atom. The van der Waals surface area contributed by atoms with Gasteiger partial charge < -0.3 is 19.3 Å². The van der Waals surface area contributed by atoms with Crippen molar-refractivity contribution in [2.24, 2.45) is 4.99 Å². The molecule has 31 heavy (non-hydrogen) atoms. The van der Waals surface area contributed by atoms with E-state index in [9.17, 15) is 23.5 Å². The van der Waals surface area contributed by atoms with Crippen molar-refractivity contribution < 1.29 is 37.7 Å². The van der Waals surface area contributed by atoms with Crippen LogP contribution >= 0.6 is 0 Å². The monoisotopic (exact) mass is 442 g/mol. The Labute approximate surface area is 179 Å². The predicted octanol–water partition coefficient (Wildman–Crippen LogP) is 4.80. The van der Waals surface area contributed by atoms with Crippen molar-refractivity contribution in [3.05, 3.63) is 29.8 Å². The number of phenolic OH excluding ortho intramolecular Hbond substituents is 1. The fourth-order valence-corrected chi connectivity index (χ4v) is 2.65. The quantitative estimate of drug-likeness (QED) is 0.671. The van der Waals surface area contributed by atoms with Gasteiger partial charge in [0.25, 0.3) is 0 Å². The van der Waals surface area contributed by atoms with Crippen LogP contribution in [0.5, 0.6) is 5.75 Å². The van der Waals surface area contributed by atoms with E-state index in [0.717, 1.165) is 13.0 Å². The Bertz CT molecular complexity index is 861. The topological polar surface area (TPSA) is 97.7 Å². The second-order valence-electron chi connectivity index (χ2n) is 9.31. The first kappa shape index (κ1) is 24.4. The van der Waals surface area contributed by atoms with Crippen LogP contribution in [0.25, 0.3) is 0 Å². The number of hydrogen-bond donors (Lipinski definition) is 1. The molecule has 1 heterocycles. The second kappa shape index (κ2) is 7.97. The molecule has 0 spiro atoms. The van der Waals surface area contributed by atoms with E-state index in [0.29, 0.717) is 4.90 Å². The summed E-state index contributed by atoms with van der Waals surface area (Å²) in [6.07, 6.45) is -2.38. The summed E-state index contributed by atoms with van der Waals surface area (Å²) < 4.78 is 45.3. The van der Waals surface area contributed by atoms with Crippen molar-refractivity contribution in [2.75, 3.05) is 6.61 Å². The molecule has 0 fully saturated rings. The fraction of sp³-hybridized carbons (Fsp3) is 0.571. The molecular formula is C21H28F2N2O6.